The fraction of sp³-hybridized carbons (Fsp3) is 0.417. The minimum Gasteiger partial charge on any atom is -0.370 e. The van der Waals surface area contributed by atoms with Gasteiger partial charge in [0.2, 0.25) is 27.6 Å². The first kappa shape index (κ1) is 24.8. The number of anilines is 2. The van der Waals surface area contributed by atoms with Gasteiger partial charge in [0.05, 0.1) is 16.3 Å². The normalized spacial score (nSPS) is 14.0. The van der Waals surface area contributed by atoms with E-state index in [4.69, 9.17) is 4.52 Å². The molecule has 0 aliphatic carbocycles. The van der Waals surface area contributed by atoms with Crippen LogP contribution in [0, 0.1) is 0 Å². The standard InChI is InChI=1S/C24H30N6O4S/c1-3-30(4-2)35(32,33)19-9-10-21(29-14-5-6-15-29)20(16-19)26-22(31)11-12-23-27-24(28-34-23)18-8-7-13-25-17-18/h7-10,13,16-17H,3-6,11-12,14-15H2,1-2H3,(H,26,31). The van der Waals surface area contributed by atoms with Crippen molar-refractivity contribution in [2.75, 3.05) is 36.4 Å². The van der Waals surface area contributed by atoms with Gasteiger partial charge in [-0.25, -0.2) is 8.42 Å². The van der Waals surface area contributed by atoms with Crippen molar-refractivity contribution in [1.29, 1.82) is 0 Å². The molecule has 3 heterocycles. The number of hydrogen-bond donors (Lipinski definition) is 1. The third-order valence-electron chi connectivity index (χ3n) is 5.99. The average Bonchev–Trinajstić information content (AvgIpc) is 3.57. The van der Waals surface area contributed by atoms with Crippen LogP contribution in [0.1, 0.15) is 39.0 Å². The molecule has 1 amide bonds. The average molecular weight is 499 g/mol. The third-order valence-corrected chi connectivity index (χ3v) is 8.03. The lowest BCUT2D eigenvalue weighted by Gasteiger charge is -2.24. The number of hydrogen-bond acceptors (Lipinski definition) is 8. The van der Waals surface area contributed by atoms with E-state index in [-0.39, 0.29) is 23.6 Å². The second kappa shape index (κ2) is 11.0. The molecule has 1 aliphatic rings. The van der Waals surface area contributed by atoms with E-state index in [1.807, 2.05) is 6.07 Å². The van der Waals surface area contributed by atoms with Crippen LogP contribution in [0.3, 0.4) is 0 Å². The predicted molar refractivity (Wildman–Crippen MR) is 132 cm³/mol. The summed E-state index contributed by atoms with van der Waals surface area (Å²) in [4.78, 5) is 23.6. The lowest BCUT2D eigenvalue weighted by Crippen LogP contribution is -2.31. The molecule has 0 spiro atoms. The van der Waals surface area contributed by atoms with E-state index in [2.05, 4.69) is 25.3 Å². The van der Waals surface area contributed by atoms with Crippen molar-refractivity contribution in [3.05, 3.63) is 48.6 Å². The minimum atomic E-state index is -3.65. The summed E-state index contributed by atoms with van der Waals surface area (Å²) >= 11 is 0. The molecule has 11 heteroatoms. The van der Waals surface area contributed by atoms with Crippen LogP contribution in [0.25, 0.3) is 11.4 Å². The van der Waals surface area contributed by atoms with E-state index in [9.17, 15) is 13.2 Å². The number of carbonyl (C=O) groups is 1. The Morgan fingerprint density at radius 2 is 1.94 bits per heavy atom. The zero-order valence-electron chi connectivity index (χ0n) is 20.0. The van der Waals surface area contributed by atoms with Crippen molar-refractivity contribution < 1.29 is 17.7 Å². The van der Waals surface area contributed by atoms with Crippen molar-refractivity contribution >= 4 is 27.3 Å². The summed E-state index contributed by atoms with van der Waals surface area (Å²) in [5.41, 5.74) is 2.05. The molecule has 0 unspecified atom stereocenters. The van der Waals surface area contributed by atoms with Crippen LogP contribution < -0.4 is 10.2 Å². The monoisotopic (exact) mass is 498 g/mol. The Balaban J connectivity index is 1.50. The summed E-state index contributed by atoms with van der Waals surface area (Å²) in [7, 11) is -3.65. The van der Waals surface area contributed by atoms with Crippen LogP contribution in [0.5, 0.6) is 0 Å². The van der Waals surface area contributed by atoms with Crippen molar-refractivity contribution in [3.63, 3.8) is 0 Å². The molecule has 0 saturated carbocycles. The fourth-order valence-corrected chi connectivity index (χ4v) is 5.61. The molecule has 4 rings (SSSR count). The number of nitrogens with one attached hydrogen (secondary N) is 1. The van der Waals surface area contributed by atoms with Crippen LogP contribution in [-0.2, 0) is 21.2 Å². The Hall–Kier alpha value is -3.31. The van der Waals surface area contributed by atoms with Gasteiger partial charge in [-0.15, -0.1) is 0 Å². The number of nitrogens with zero attached hydrogens (tertiary/aromatic N) is 5. The maximum Gasteiger partial charge on any atom is 0.243 e. The summed E-state index contributed by atoms with van der Waals surface area (Å²) in [5, 5.41) is 6.87. The zero-order valence-corrected chi connectivity index (χ0v) is 20.8. The zero-order chi connectivity index (χ0) is 24.8. The Bertz CT molecular complexity index is 1250. The molecule has 0 atom stereocenters. The van der Waals surface area contributed by atoms with Gasteiger partial charge in [-0.2, -0.15) is 9.29 Å². The van der Waals surface area contributed by atoms with E-state index in [1.54, 1.807) is 50.5 Å². The second-order valence-electron chi connectivity index (χ2n) is 8.26. The predicted octanol–water partition coefficient (Wildman–Crippen LogP) is 3.33. The van der Waals surface area contributed by atoms with E-state index < -0.39 is 10.0 Å². The molecular formula is C24H30N6O4S. The number of rotatable bonds is 10. The van der Waals surface area contributed by atoms with Crippen molar-refractivity contribution in [3.8, 4) is 11.4 Å². The lowest BCUT2D eigenvalue weighted by molar-refractivity contribution is -0.116. The van der Waals surface area contributed by atoms with E-state index in [1.165, 1.54) is 4.31 Å². The fourth-order valence-electron chi connectivity index (χ4n) is 4.12. The molecule has 2 aromatic heterocycles. The van der Waals surface area contributed by atoms with Crippen LogP contribution >= 0.6 is 0 Å². The van der Waals surface area contributed by atoms with Gasteiger partial charge in [-0.3, -0.25) is 9.78 Å². The highest BCUT2D eigenvalue weighted by Gasteiger charge is 2.25. The summed E-state index contributed by atoms with van der Waals surface area (Å²) in [6.45, 7) is 6.09. The summed E-state index contributed by atoms with van der Waals surface area (Å²) in [6, 6.07) is 8.58. The SMILES string of the molecule is CCN(CC)S(=O)(=O)c1ccc(N2CCCC2)c(NC(=O)CCc2nc(-c3cccnc3)no2)c1. The summed E-state index contributed by atoms with van der Waals surface area (Å²) in [5.74, 6) is 0.500. The van der Waals surface area contributed by atoms with Gasteiger partial charge in [-0.05, 0) is 43.2 Å². The van der Waals surface area contributed by atoms with Gasteiger partial charge in [0.1, 0.15) is 0 Å². The number of aryl methyl sites for hydroxylation is 1. The number of carbonyl (C=O) groups excluding carboxylic acids is 1. The quantitative estimate of drug-likeness (QED) is 0.452. The van der Waals surface area contributed by atoms with Gasteiger partial charge in [0.15, 0.2) is 0 Å². The van der Waals surface area contributed by atoms with Crippen molar-refractivity contribution in [2.45, 2.75) is 44.4 Å². The maximum absolute atomic E-state index is 13.1. The highest BCUT2D eigenvalue weighted by atomic mass is 32.2. The maximum atomic E-state index is 13.1. The molecule has 1 aliphatic heterocycles. The first-order valence-electron chi connectivity index (χ1n) is 11.8. The molecule has 1 aromatic carbocycles. The molecule has 186 valence electrons. The Kier molecular flexibility index (Phi) is 7.76. The molecule has 10 nitrogen and oxygen atoms in total. The smallest absolute Gasteiger partial charge is 0.243 e. The van der Waals surface area contributed by atoms with Crippen LogP contribution in [-0.4, -0.2) is 59.9 Å². The van der Waals surface area contributed by atoms with Crippen LogP contribution in [0.15, 0.2) is 52.1 Å². The Labute approximate surface area is 205 Å². The molecule has 1 saturated heterocycles. The number of aromatic nitrogens is 3. The van der Waals surface area contributed by atoms with Crippen molar-refractivity contribution in [1.82, 2.24) is 19.4 Å². The second-order valence-corrected chi connectivity index (χ2v) is 10.2. The van der Waals surface area contributed by atoms with E-state index >= 15 is 0 Å². The van der Waals surface area contributed by atoms with Crippen molar-refractivity contribution in [2.24, 2.45) is 0 Å². The van der Waals surface area contributed by atoms with E-state index in [0.29, 0.717) is 30.5 Å². The Morgan fingerprint density at radius 3 is 2.63 bits per heavy atom. The highest BCUT2D eigenvalue weighted by Crippen LogP contribution is 2.32. The lowest BCUT2D eigenvalue weighted by atomic mass is 10.2. The van der Waals surface area contributed by atoms with Gasteiger partial charge in [0.25, 0.3) is 0 Å². The molecule has 3 aromatic rings. The number of benzene rings is 1. The molecular weight excluding hydrogens is 468 g/mol. The van der Waals surface area contributed by atoms with Gasteiger partial charge < -0.3 is 14.7 Å². The Morgan fingerprint density at radius 1 is 1.17 bits per heavy atom. The van der Waals surface area contributed by atoms with Gasteiger partial charge in [-0.1, -0.05) is 19.0 Å². The molecule has 0 bridgehead atoms. The number of amides is 1. The molecule has 1 fully saturated rings. The van der Waals surface area contributed by atoms with Crippen LogP contribution in [0.4, 0.5) is 11.4 Å². The minimum absolute atomic E-state index is 0.112. The van der Waals surface area contributed by atoms with Crippen LogP contribution in [0.2, 0.25) is 0 Å². The largest absolute Gasteiger partial charge is 0.370 e. The summed E-state index contributed by atoms with van der Waals surface area (Å²) in [6.07, 6.45) is 5.79. The van der Waals surface area contributed by atoms with E-state index in [0.717, 1.165) is 37.2 Å². The third kappa shape index (κ3) is 5.68. The molecule has 35 heavy (non-hydrogen) atoms. The first-order valence-corrected chi connectivity index (χ1v) is 13.3. The summed E-state index contributed by atoms with van der Waals surface area (Å²) < 4.78 is 32.8. The van der Waals surface area contributed by atoms with Gasteiger partial charge >= 0.3 is 0 Å². The molecule has 0 radical (unpaired) electrons. The highest BCUT2D eigenvalue weighted by molar-refractivity contribution is 7.89. The number of pyridine rings is 1. The van der Waals surface area contributed by atoms with Gasteiger partial charge in [0, 0.05) is 57.0 Å². The topological polar surface area (TPSA) is 122 Å². The first-order chi connectivity index (χ1) is 16.9. The number of sulfonamides is 1. The molecule has 1 N–H and O–H groups in total.